The summed E-state index contributed by atoms with van der Waals surface area (Å²) < 4.78 is 34.1. The molecule has 2 aliphatic rings. The molecule has 1 heterocycles. The van der Waals surface area contributed by atoms with Crippen LogP contribution in [0, 0.1) is 5.92 Å². The molecule has 1 saturated heterocycles. The van der Waals surface area contributed by atoms with Gasteiger partial charge in [0.25, 0.3) is 10.2 Å². The maximum atomic E-state index is 12.2. The van der Waals surface area contributed by atoms with E-state index < -0.39 is 10.2 Å². The lowest BCUT2D eigenvalue weighted by Crippen LogP contribution is -2.51. The molecule has 6 nitrogen and oxygen atoms in total. The summed E-state index contributed by atoms with van der Waals surface area (Å²) in [7, 11) is -3.39. The van der Waals surface area contributed by atoms with Crippen LogP contribution in [0.1, 0.15) is 38.5 Å². The Hall–Kier alpha value is -0.210. The van der Waals surface area contributed by atoms with Gasteiger partial charge in [-0.05, 0) is 38.0 Å². The summed E-state index contributed by atoms with van der Waals surface area (Å²) in [5, 5.41) is 0. The summed E-state index contributed by atoms with van der Waals surface area (Å²) in [4.78, 5) is 0. The van der Waals surface area contributed by atoms with E-state index in [1.54, 1.807) is 0 Å². The topological polar surface area (TPSA) is 84.7 Å². The van der Waals surface area contributed by atoms with E-state index in [2.05, 4.69) is 4.72 Å². The molecule has 3 N–H and O–H groups in total. The Kier molecular flexibility index (Phi) is 6.22. The van der Waals surface area contributed by atoms with Gasteiger partial charge < -0.3 is 10.5 Å². The minimum absolute atomic E-state index is 0.0487. The van der Waals surface area contributed by atoms with Gasteiger partial charge in [0.05, 0.1) is 0 Å². The van der Waals surface area contributed by atoms with Crippen molar-refractivity contribution in [3.05, 3.63) is 0 Å². The first-order chi connectivity index (χ1) is 9.63. The predicted molar refractivity (Wildman–Crippen MR) is 78.5 cm³/mol. The molecule has 1 aliphatic carbocycles. The van der Waals surface area contributed by atoms with Crippen LogP contribution in [0.15, 0.2) is 0 Å². The molecule has 0 aromatic heterocycles. The molecular formula is C13H27N3O3S. The summed E-state index contributed by atoms with van der Waals surface area (Å²) in [5.41, 5.74) is 5.67. The Morgan fingerprint density at radius 3 is 2.75 bits per heavy atom. The number of nitrogens with zero attached hydrogens (tertiary/aromatic N) is 1. The van der Waals surface area contributed by atoms with Crippen molar-refractivity contribution in [2.24, 2.45) is 11.7 Å². The first kappa shape index (κ1) is 16.2. The summed E-state index contributed by atoms with van der Waals surface area (Å²) in [6, 6.07) is -0.0487. The van der Waals surface area contributed by atoms with E-state index in [4.69, 9.17) is 10.5 Å². The molecule has 20 heavy (non-hydrogen) atoms. The zero-order chi connectivity index (χ0) is 14.4. The van der Waals surface area contributed by atoms with Crippen LogP contribution in [0.2, 0.25) is 0 Å². The normalized spacial score (nSPS) is 24.9. The maximum absolute atomic E-state index is 12.2. The Morgan fingerprint density at radius 1 is 1.25 bits per heavy atom. The van der Waals surface area contributed by atoms with Gasteiger partial charge in [-0.1, -0.05) is 6.42 Å². The van der Waals surface area contributed by atoms with Crippen LogP contribution in [-0.4, -0.2) is 51.6 Å². The van der Waals surface area contributed by atoms with E-state index in [0.717, 1.165) is 31.8 Å². The average Bonchev–Trinajstić information content (AvgIpc) is 3.26. The molecule has 2 fully saturated rings. The monoisotopic (exact) mass is 305 g/mol. The molecule has 118 valence electrons. The fourth-order valence-electron chi connectivity index (χ4n) is 2.52. The van der Waals surface area contributed by atoms with E-state index in [1.165, 1.54) is 17.1 Å². The Balaban J connectivity index is 1.66. The van der Waals surface area contributed by atoms with E-state index in [9.17, 15) is 8.42 Å². The van der Waals surface area contributed by atoms with Crippen LogP contribution in [0.25, 0.3) is 0 Å². The molecule has 1 saturated carbocycles. The van der Waals surface area contributed by atoms with Gasteiger partial charge in [0, 0.05) is 38.9 Å². The number of piperidine rings is 1. The molecule has 0 aromatic rings. The zero-order valence-electron chi connectivity index (χ0n) is 12.1. The Morgan fingerprint density at radius 2 is 2.05 bits per heavy atom. The van der Waals surface area contributed by atoms with Crippen LogP contribution >= 0.6 is 0 Å². The first-order valence-electron chi connectivity index (χ1n) is 7.67. The second-order valence-corrected chi connectivity index (χ2v) is 7.48. The van der Waals surface area contributed by atoms with Crippen molar-refractivity contribution >= 4 is 10.2 Å². The van der Waals surface area contributed by atoms with Crippen molar-refractivity contribution in [1.82, 2.24) is 9.03 Å². The Bertz CT molecular complexity index is 384. The molecule has 1 atom stereocenters. The second kappa shape index (κ2) is 7.70. The van der Waals surface area contributed by atoms with Crippen LogP contribution in [0.3, 0.4) is 0 Å². The van der Waals surface area contributed by atoms with Gasteiger partial charge in [-0.25, -0.2) is 4.72 Å². The molecule has 0 bridgehead atoms. The molecule has 7 heteroatoms. The smallest absolute Gasteiger partial charge is 0.279 e. The first-order valence-corrected chi connectivity index (χ1v) is 9.11. The van der Waals surface area contributed by atoms with Crippen LogP contribution in [0.4, 0.5) is 0 Å². The largest absolute Gasteiger partial charge is 0.381 e. The fraction of sp³-hybridized carbons (Fsp3) is 1.00. The van der Waals surface area contributed by atoms with E-state index in [-0.39, 0.29) is 6.04 Å². The summed E-state index contributed by atoms with van der Waals surface area (Å²) in [5.74, 6) is 0.755. The second-order valence-electron chi connectivity index (χ2n) is 5.77. The van der Waals surface area contributed by atoms with Crippen molar-refractivity contribution in [2.45, 2.75) is 44.6 Å². The lowest BCUT2D eigenvalue weighted by atomic mass is 10.1. The molecule has 2 rings (SSSR count). The van der Waals surface area contributed by atoms with Crippen molar-refractivity contribution < 1.29 is 13.2 Å². The number of nitrogens with two attached hydrogens (primary N) is 1. The van der Waals surface area contributed by atoms with Crippen LogP contribution in [-0.2, 0) is 14.9 Å². The third-order valence-corrected chi connectivity index (χ3v) is 5.62. The number of hydrogen-bond acceptors (Lipinski definition) is 4. The minimum Gasteiger partial charge on any atom is -0.381 e. The highest BCUT2D eigenvalue weighted by atomic mass is 32.2. The Labute approximate surface area is 122 Å². The van der Waals surface area contributed by atoms with Crippen LogP contribution in [0.5, 0.6) is 0 Å². The minimum atomic E-state index is -3.39. The van der Waals surface area contributed by atoms with Crippen molar-refractivity contribution in [3.63, 3.8) is 0 Å². The molecule has 0 aromatic carbocycles. The number of nitrogens with one attached hydrogen (secondary N) is 1. The SMILES string of the molecule is NCC1CCCCN1S(=O)(=O)NCCCOCC1CC1. The molecule has 0 radical (unpaired) electrons. The summed E-state index contributed by atoms with van der Waals surface area (Å²) >= 11 is 0. The maximum Gasteiger partial charge on any atom is 0.279 e. The van der Waals surface area contributed by atoms with Crippen molar-refractivity contribution in [2.75, 3.05) is 32.8 Å². The third-order valence-electron chi connectivity index (χ3n) is 3.95. The quantitative estimate of drug-likeness (QED) is 0.606. The summed E-state index contributed by atoms with van der Waals surface area (Å²) in [6.07, 6.45) is 6.12. The van der Waals surface area contributed by atoms with Gasteiger partial charge >= 0.3 is 0 Å². The molecular weight excluding hydrogens is 278 g/mol. The van der Waals surface area contributed by atoms with Gasteiger partial charge in [0.1, 0.15) is 0 Å². The molecule has 1 aliphatic heterocycles. The highest BCUT2D eigenvalue weighted by molar-refractivity contribution is 7.87. The predicted octanol–water partition coefficient (Wildman–Crippen LogP) is 0.451. The summed E-state index contributed by atoms with van der Waals surface area (Å²) in [6.45, 7) is 2.86. The van der Waals surface area contributed by atoms with Gasteiger partial charge in [0.2, 0.25) is 0 Å². The van der Waals surface area contributed by atoms with Crippen molar-refractivity contribution in [3.8, 4) is 0 Å². The lowest BCUT2D eigenvalue weighted by molar-refractivity contribution is 0.123. The van der Waals surface area contributed by atoms with E-state index >= 15 is 0 Å². The zero-order valence-corrected chi connectivity index (χ0v) is 12.9. The average molecular weight is 305 g/mol. The molecule has 0 spiro atoms. The lowest BCUT2D eigenvalue weighted by Gasteiger charge is -2.33. The van der Waals surface area contributed by atoms with Gasteiger partial charge in [0.15, 0.2) is 0 Å². The van der Waals surface area contributed by atoms with E-state index in [0.29, 0.717) is 32.7 Å². The van der Waals surface area contributed by atoms with Crippen LogP contribution < -0.4 is 10.5 Å². The van der Waals surface area contributed by atoms with Gasteiger partial charge in [-0.3, -0.25) is 0 Å². The third kappa shape index (κ3) is 4.96. The number of rotatable bonds is 9. The van der Waals surface area contributed by atoms with Crippen molar-refractivity contribution in [1.29, 1.82) is 0 Å². The van der Waals surface area contributed by atoms with Gasteiger partial charge in [-0.2, -0.15) is 12.7 Å². The standard InChI is InChI=1S/C13H27N3O3S/c14-10-13-4-1-2-8-16(13)20(17,18)15-7-3-9-19-11-12-5-6-12/h12-13,15H,1-11,14H2. The van der Waals surface area contributed by atoms with Gasteiger partial charge in [-0.15, -0.1) is 0 Å². The number of ether oxygens (including phenoxy) is 1. The molecule has 1 unspecified atom stereocenters. The number of hydrogen-bond donors (Lipinski definition) is 2. The molecule has 0 amide bonds. The highest BCUT2D eigenvalue weighted by Gasteiger charge is 2.30. The van der Waals surface area contributed by atoms with E-state index in [1.807, 2.05) is 0 Å². The highest BCUT2D eigenvalue weighted by Crippen LogP contribution is 2.28. The fourth-order valence-corrected chi connectivity index (χ4v) is 4.04.